The van der Waals surface area contributed by atoms with Crippen LogP contribution in [0.4, 0.5) is 0 Å². The van der Waals surface area contributed by atoms with E-state index in [0.717, 1.165) is 23.8 Å². The lowest BCUT2D eigenvalue weighted by Gasteiger charge is -2.22. The quantitative estimate of drug-likeness (QED) is 0.773. The van der Waals surface area contributed by atoms with Gasteiger partial charge in [-0.05, 0) is 56.3 Å². The fourth-order valence-electron chi connectivity index (χ4n) is 2.84. The Balaban J connectivity index is 1.96. The van der Waals surface area contributed by atoms with Gasteiger partial charge in [0, 0.05) is 18.7 Å². The predicted octanol–water partition coefficient (Wildman–Crippen LogP) is 3.85. The third kappa shape index (κ3) is 4.58. The monoisotopic (exact) mass is 289 g/mol. The van der Waals surface area contributed by atoms with Crippen LogP contribution in [0.25, 0.3) is 0 Å². The van der Waals surface area contributed by atoms with E-state index in [-0.39, 0.29) is 0 Å². The second kappa shape index (κ2) is 8.20. The van der Waals surface area contributed by atoms with Crippen LogP contribution in [0, 0.1) is 5.92 Å². The summed E-state index contributed by atoms with van der Waals surface area (Å²) in [5, 5.41) is 3.66. The van der Waals surface area contributed by atoms with E-state index in [1.54, 1.807) is 14.2 Å². The second-order valence-corrected chi connectivity index (χ2v) is 5.78. The Morgan fingerprint density at radius 3 is 2.81 bits per heavy atom. The largest absolute Gasteiger partial charge is 0.496 e. The number of ether oxygens (including phenoxy) is 2. The standard InChI is InChI=1S/C18H27NO2/c1-14(19-12-15-7-5-4-6-8-15)16-9-10-18(21-3)17(11-16)13-20-2/h4-5,9-11,14-15,19H,6-8,12-13H2,1-3H3. The van der Waals surface area contributed by atoms with Crippen LogP contribution in [0.15, 0.2) is 30.4 Å². The SMILES string of the molecule is COCc1cc(C(C)NCC2CC=CCC2)ccc1OC. The van der Waals surface area contributed by atoms with Crippen molar-refractivity contribution in [2.45, 2.75) is 38.8 Å². The molecule has 0 aliphatic heterocycles. The van der Waals surface area contributed by atoms with Crippen LogP contribution in [0.3, 0.4) is 0 Å². The van der Waals surface area contributed by atoms with Crippen LogP contribution in [0.1, 0.15) is 43.4 Å². The maximum Gasteiger partial charge on any atom is 0.124 e. The molecule has 3 heteroatoms. The summed E-state index contributed by atoms with van der Waals surface area (Å²) in [6, 6.07) is 6.69. The first-order valence-electron chi connectivity index (χ1n) is 7.78. The predicted molar refractivity (Wildman–Crippen MR) is 86.6 cm³/mol. The summed E-state index contributed by atoms with van der Waals surface area (Å²) in [7, 11) is 3.41. The second-order valence-electron chi connectivity index (χ2n) is 5.78. The molecule has 116 valence electrons. The van der Waals surface area contributed by atoms with Crippen molar-refractivity contribution in [2.75, 3.05) is 20.8 Å². The number of rotatable bonds is 7. The smallest absolute Gasteiger partial charge is 0.124 e. The van der Waals surface area contributed by atoms with Crippen LogP contribution in [0.5, 0.6) is 5.75 Å². The molecule has 0 spiro atoms. The van der Waals surface area contributed by atoms with Gasteiger partial charge in [-0.15, -0.1) is 0 Å². The molecule has 0 saturated heterocycles. The summed E-state index contributed by atoms with van der Waals surface area (Å²) in [5.74, 6) is 1.67. The van der Waals surface area contributed by atoms with Crippen molar-refractivity contribution in [3.05, 3.63) is 41.5 Å². The molecule has 21 heavy (non-hydrogen) atoms. The molecule has 0 aromatic heterocycles. The molecule has 2 unspecified atom stereocenters. The first-order valence-corrected chi connectivity index (χ1v) is 7.78. The van der Waals surface area contributed by atoms with Gasteiger partial charge < -0.3 is 14.8 Å². The number of allylic oxidation sites excluding steroid dienone is 2. The van der Waals surface area contributed by atoms with Crippen molar-refractivity contribution >= 4 is 0 Å². The molecule has 0 heterocycles. The summed E-state index contributed by atoms with van der Waals surface area (Å²) in [6.45, 7) is 3.88. The zero-order chi connectivity index (χ0) is 15.1. The third-order valence-electron chi connectivity index (χ3n) is 4.19. The van der Waals surface area contributed by atoms with Gasteiger partial charge in [-0.3, -0.25) is 0 Å². The Hall–Kier alpha value is -1.32. The lowest BCUT2D eigenvalue weighted by Crippen LogP contribution is -2.26. The number of methoxy groups -OCH3 is 2. The summed E-state index contributed by atoms with van der Waals surface area (Å²) in [5.41, 5.74) is 2.39. The van der Waals surface area contributed by atoms with Gasteiger partial charge in [0.15, 0.2) is 0 Å². The van der Waals surface area contributed by atoms with Crippen molar-refractivity contribution in [3.8, 4) is 5.75 Å². The van der Waals surface area contributed by atoms with E-state index < -0.39 is 0 Å². The average Bonchev–Trinajstić information content (AvgIpc) is 2.54. The van der Waals surface area contributed by atoms with Crippen molar-refractivity contribution < 1.29 is 9.47 Å². The van der Waals surface area contributed by atoms with Crippen LogP contribution >= 0.6 is 0 Å². The summed E-state index contributed by atoms with van der Waals surface area (Å²) >= 11 is 0. The molecule has 2 rings (SSSR count). The van der Waals surface area contributed by atoms with Gasteiger partial charge in [0.2, 0.25) is 0 Å². The molecule has 0 saturated carbocycles. The minimum Gasteiger partial charge on any atom is -0.496 e. The maximum atomic E-state index is 5.38. The van der Waals surface area contributed by atoms with Gasteiger partial charge in [0.05, 0.1) is 13.7 Å². The topological polar surface area (TPSA) is 30.5 Å². The van der Waals surface area contributed by atoms with E-state index in [1.165, 1.54) is 24.8 Å². The zero-order valence-electron chi connectivity index (χ0n) is 13.4. The Morgan fingerprint density at radius 2 is 2.14 bits per heavy atom. The fraction of sp³-hybridized carbons (Fsp3) is 0.556. The highest BCUT2D eigenvalue weighted by atomic mass is 16.5. The van der Waals surface area contributed by atoms with Crippen molar-refractivity contribution in [1.29, 1.82) is 0 Å². The van der Waals surface area contributed by atoms with Crippen LogP contribution in [0.2, 0.25) is 0 Å². The Morgan fingerprint density at radius 1 is 1.29 bits per heavy atom. The molecule has 1 aromatic carbocycles. The number of nitrogens with one attached hydrogen (secondary N) is 1. The summed E-state index contributed by atoms with van der Waals surface area (Å²) < 4.78 is 10.6. The first-order chi connectivity index (χ1) is 10.2. The minimum absolute atomic E-state index is 0.345. The van der Waals surface area contributed by atoms with E-state index in [0.29, 0.717) is 12.6 Å². The van der Waals surface area contributed by atoms with E-state index in [4.69, 9.17) is 9.47 Å². The highest BCUT2D eigenvalue weighted by Crippen LogP contribution is 2.25. The van der Waals surface area contributed by atoms with Crippen LogP contribution in [-0.2, 0) is 11.3 Å². The van der Waals surface area contributed by atoms with Gasteiger partial charge in [0.25, 0.3) is 0 Å². The Bertz CT molecular complexity index is 470. The molecule has 1 aromatic rings. The average molecular weight is 289 g/mol. The molecule has 3 nitrogen and oxygen atoms in total. The first kappa shape index (κ1) is 16.1. The normalized spacial score (nSPS) is 19.5. The molecule has 0 fully saturated rings. The fourth-order valence-corrected chi connectivity index (χ4v) is 2.84. The van der Waals surface area contributed by atoms with Gasteiger partial charge >= 0.3 is 0 Å². The lowest BCUT2D eigenvalue weighted by atomic mass is 9.94. The van der Waals surface area contributed by atoms with Crippen molar-refractivity contribution in [1.82, 2.24) is 5.32 Å². The van der Waals surface area contributed by atoms with Crippen LogP contribution < -0.4 is 10.1 Å². The zero-order valence-corrected chi connectivity index (χ0v) is 13.4. The molecule has 0 bridgehead atoms. The van der Waals surface area contributed by atoms with Crippen molar-refractivity contribution in [3.63, 3.8) is 0 Å². The number of hydrogen-bond donors (Lipinski definition) is 1. The Kier molecular flexibility index (Phi) is 6.27. The molecular formula is C18H27NO2. The number of hydrogen-bond acceptors (Lipinski definition) is 3. The molecule has 1 aliphatic carbocycles. The number of benzene rings is 1. The third-order valence-corrected chi connectivity index (χ3v) is 4.19. The van der Waals surface area contributed by atoms with Gasteiger partial charge in [-0.1, -0.05) is 18.2 Å². The van der Waals surface area contributed by atoms with Crippen LogP contribution in [-0.4, -0.2) is 20.8 Å². The van der Waals surface area contributed by atoms with Crippen molar-refractivity contribution in [2.24, 2.45) is 5.92 Å². The van der Waals surface area contributed by atoms with E-state index in [2.05, 4.69) is 36.5 Å². The molecule has 1 aliphatic rings. The van der Waals surface area contributed by atoms with E-state index in [9.17, 15) is 0 Å². The molecule has 0 amide bonds. The van der Waals surface area contributed by atoms with Gasteiger partial charge in [0.1, 0.15) is 5.75 Å². The minimum atomic E-state index is 0.345. The summed E-state index contributed by atoms with van der Waals surface area (Å²) in [6.07, 6.45) is 8.33. The molecular weight excluding hydrogens is 262 g/mol. The summed E-state index contributed by atoms with van der Waals surface area (Å²) in [4.78, 5) is 0. The molecule has 0 radical (unpaired) electrons. The van der Waals surface area contributed by atoms with E-state index in [1.807, 2.05) is 6.07 Å². The molecule has 2 atom stereocenters. The highest BCUT2D eigenvalue weighted by Gasteiger charge is 2.13. The maximum absolute atomic E-state index is 5.38. The van der Waals surface area contributed by atoms with Gasteiger partial charge in [-0.25, -0.2) is 0 Å². The van der Waals surface area contributed by atoms with Gasteiger partial charge in [-0.2, -0.15) is 0 Å². The highest BCUT2D eigenvalue weighted by molar-refractivity contribution is 5.38. The lowest BCUT2D eigenvalue weighted by molar-refractivity contribution is 0.181. The molecule has 1 N–H and O–H groups in total. The Labute approximate surface area is 128 Å². The van der Waals surface area contributed by atoms with E-state index >= 15 is 0 Å².